The molecule has 2 aromatic carbocycles. The van der Waals surface area contributed by atoms with Crippen LogP contribution in [0.1, 0.15) is 5.56 Å². The number of nitrogens with zero attached hydrogens (tertiary/aromatic N) is 1. The lowest BCUT2D eigenvalue weighted by atomic mass is 10.0. The number of benzene rings is 2. The number of ether oxygens (including phenoxy) is 2. The van der Waals surface area contributed by atoms with Crippen molar-refractivity contribution in [2.45, 2.75) is 0 Å². The van der Waals surface area contributed by atoms with Crippen LogP contribution in [-0.2, 0) is 9.53 Å². The highest BCUT2D eigenvalue weighted by atomic mass is 16.5. The van der Waals surface area contributed by atoms with Gasteiger partial charge in [-0.1, -0.05) is 30.3 Å². The van der Waals surface area contributed by atoms with Crippen LogP contribution in [0.4, 0.5) is 0 Å². The first kappa shape index (κ1) is 13.6. The third kappa shape index (κ3) is 2.47. The molecule has 4 nitrogen and oxygen atoms in total. The normalized spacial score (nSPS) is 10.9. The predicted molar refractivity (Wildman–Crippen MR) is 76.1 cm³/mol. The Balaban J connectivity index is 2.65. The molecule has 2 rings (SSSR count). The second-order valence-electron chi connectivity index (χ2n) is 4.06. The van der Waals surface area contributed by atoms with E-state index >= 15 is 0 Å². The van der Waals surface area contributed by atoms with Crippen LogP contribution in [0.5, 0.6) is 5.75 Å². The van der Waals surface area contributed by atoms with E-state index in [9.17, 15) is 4.79 Å². The van der Waals surface area contributed by atoms with Crippen LogP contribution >= 0.6 is 0 Å². The lowest BCUT2D eigenvalue weighted by Crippen LogP contribution is -2.02. The first-order valence-corrected chi connectivity index (χ1v) is 5.97. The fourth-order valence-corrected chi connectivity index (χ4v) is 2.00. The van der Waals surface area contributed by atoms with Crippen molar-refractivity contribution in [3.8, 4) is 11.8 Å². The van der Waals surface area contributed by atoms with Gasteiger partial charge in [-0.15, -0.1) is 0 Å². The molecular weight excluding hydrogens is 254 g/mol. The van der Waals surface area contributed by atoms with E-state index in [4.69, 9.17) is 10.00 Å². The summed E-state index contributed by atoms with van der Waals surface area (Å²) in [5.74, 6) is 0.0988. The molecule has 0 radical (unpaired) electrons. The highest BCUT2D eigenvalue weighted by molar-refractivity contribution is 6.02. The van der Waals surface area contributed by atoms with Gasteiger partial charge in [-0.2, -0.15) is 5.26 Å². The van der Waals surface area contributed by atoms with E-state index in [2.05, 4.69) is 4.74 Å². The first-order chi connectivity index (χ1) is 9.71. The van der Waals surface area contributed by atoms with Gasteiger partial charge in [0.1, 0.15) is 17.4 Å². The van der Waals surface area contributed by atoms with Crippen LogP contribution in [0.25, 0.3) is 16.8 Å². The van der Waals surface area contributed by atoms with Crippen LogP contribution in [0.15, 0.2) is 42.0 Å². The second-order valence-corrected chi connectivity index (χ2v) is 4.06. The fourth-order valence-electron chi connectivity index (χ4n) is 2.00. The van der Waals surface area contributed by atoms with Gasteiger partial charge in [0.2, 0.25) is 0 Å². The lowest BCUT2D eigenvalue weighted by Gasteiger charge is -2.08. The molecule has 0 unspecified atom stereocenters. The van der Waals surface area contributed by atoms with Gasteiger partial charge in [-0.25, -0.2) is 4.79 Å². The number of hydrogen-bond donors (Lipinski definition) is 0. The molecule has 0 saturated carbocycles. The summed E-state index contributed by atoms with van der Waals surface area (Å²) in [5, 5.41) is 10.8. The Morgan fingerprint density at radius 2 is 1.85 bits per heavy atom. The minimum Gasteiger partial charge on any atom is -0.496 e. The first-order valence-electron chi connectivity index (χ1n) is 5.97. The summed E-state index contributed by atoms with van der Waals surface area (Å²) in [7, 11) is 2.85. The van der Waals surface area contributed by atoms with E-state index < -0.39 is 5.97 Å². The quantitative estimate of drug-likeness (QED) is 0.487. The zero-order valence-corrected chi connectivity index (χ0v) is 11.2. The largest absolute Gasteiger partial charge is 0.496 e. The summed E-state index contributed by atoms with van der Waals surface area (Å²) in [5.41, 5.74) is 0.728. The van der Waals surface area contributed by atoms with Crippen molar-refractivity contribution in [3.05, 3.63) is 47.5 Å². The molecule has 4 heteroatoms. The molecule has 0 saturated heterocycles. The number of nitriles is 1. The van der Waals surface area contributed by atoms with Crippen LogP contribution < -0.4 is 4.74 Å². The summed E-state index contributed by atoms with van der Waals surface area (Å²) in [6.45, 7) is 0. The maximum absolute atomic E-state index is 11.5. The Morgan fingerprint density at radius 3 is 2.45 bits per heavy atom. The number of carbonyl (C=O) groups excluding carboxylic acids is 1. The van der Waals surface area contributed by atoms with Gasteiger partial charge >= 0.3 is 5.97 Å². The van der Waals surface area contributed by atoms with Crippen LogP contribution in [0, 0.1) is 11.3 Å². The molecule has 100 valence electrons. The Bertz CT molecular complexity index is 726. The van der Waals surface area contributed by atoms with E-state index in [1.165, 1.54) is 13.2 Å². The van der Waals surface area contributed by atoms with E-state index in [0.717, 1.165) is 22.1 Å². The SMILES string of the molecule is COC(=O)/C(C#N)=C/c1ccc(OC)c2ccccc12. The highest BCUT2D eigenvalue weighted by Gasteiger charge is 2.11. The molecule has 0 aliphatic carbocycles. The van der Waals surface area contributed by atoms with Gasteiger partial charge in [-0.3, -0.25) is 0 Å². The van der Waals surface area contributed by atoms with E-state index in [1.807, 2.05) is 30.3 Å². The zero-order chi connectivity index (χ0) is 14.5. The maximum Gasteiger partial charge on any atom is 0.348 e. The standard InChI is InChI=1S/C16H13NO3/c1-19-15-8-7-11(9-12(10-17)16(18)20-2)13-5-3-4-6-14(13)15/h3-9H,1-2H3/b12-9+. The van der Waals surface area contributed by atoms with Gasteiger partial charge in [0.05, 0.1) is 14.2 Å². The minimum absolute atomic E-state index is 0.0391. The van der Waals surface area contributed by atoms with Gasteiger partial charge in [-0.05, 0) is 23.1 Å². The molecular formula is C16H13NO3. The monoisotopic (exact) mass is 267 g/mol. The number of esters is 1. The summed E-state index contributed by atoms with van der Waals surface area (Å²) >= 11 is 0. The number of hydrogen-bond acceptors (Lipinski definition) is 4. The van der Waals surface area contributed by atoms with Gasteiger partial charge in [0.15, 0.2) is 0 Å². The molecule has 2 aromatic rings. The second kappa shape index (κ2) is 5.89. The third-order valence-corrected chi connectivity index (χ3v) is 2.96. The molecule has 0 fully saturated rings. The zero-order valence-electron chi connectivity index (χ0n) is 11.2. The Labute approximate surface area is 116 Å². The Morgan fingerprint density at radius 1 is 1.15 bits per heavy atom. The Hall–Kier alpha value is -2.80. The maximum atomic E-state index is 11.5. The van der Waals surface area contributed by atoms with Gasteiger partial charge in [0.25, 0.3) is 0 Å². The molecule has 20 heavy (non-hydrogen) atoms. The smallest absolute Gasteiger partial charge is 0.348 e. The minimum atomic E-state index is -0.646. The summed E-state index contributed by atoms with van der Waals surface area (Å²) < 4.78 is 9.88. The fraction of sp³-hybridized carbons (Fsp3) is 0.125. The molecule has 0 heterocycles. The van der Waals surface area contributed by atoms with Crippen LogP contribution in [0.3, 0.4) is 0 Å². The van der Waals surface area contributed by atoms with Crippen molar-refractivity contribution in [3.63, 3.8) is 0 Å². The van der Waals surface area contributed by atoms with E-state index in [1.54, 1.807) is 19.2 Å². The number of carbonyl (C=O) groups is 1. The molecule has 0 bridgehead atoms. The predicted octanol–water partition coefficient (Wildman–Crippen LogP) is 2.93. The van der Waals surface area contributed by atoms with Crippen molar-refractivity contribution in [2.75, 3.05) is 14.2 Å². The van der Waals surface area contributed by atoms with Crippen molar-refractivity contribution >= 4 is 22.8 Å². The van der Waals surface area contributed by atoms with Crippen molar-refractivity contribution in [1.82, 2.24) is 0 Å². The molecule has 0 N–H and O–H groups in total. The number of fused-ring (bicyclic) bond motifs is 1. The Kier molecular flexibility index (Phi) is 4.02. The molecule has 0 aromatic heterocycles. The summed E-state index contributed by atoms with van der Waals surface area (Å²) in [6.07, 6.45) is 1.52. The van der Waals surface area contributed by atoms with E-state index in [-0.39, 0.29) is 5.57 Å². The molecule has 0 amide bonds. The molecule has 0 aliphatic rings. The third-order valence-electron chi connectivity index (χ3n) is 2.96. The van der Waals surface area contributed by atoms with Gasteiger partial charge in [0, 0.05) is 5.39 Å². The average Bonchev–Trinajstić information content (AvgIpc) is 2.51. The van der Waals surface area contributed by atoms with Crippen LogP contribution in [-0.4, -0.2) is 20.2 Å². The average molecular weight is 267 g/mol. The van der Waals surface area contributed by atoms with Gasteiger partial charge < -0.3 is 9.47 Å². The molecule has 0 atom stereocenters. The molecule has 0 aliphatic heterocycles. The summed E-state index contributed by atoms with van der Waals surface area (Å²) in [4.78, 5) is 11.5. The van der Waals surface area contributed by atoms with Crippen molar-refractivity contribution in [2.24, 2.45) is 0 Å². The van der Waals surface area contributed by atoms with E-state index in [0.29, 0.717) is 0 Å². The molecule has 0 spiro atoms. The van der Waals surface area contributed by atoms with Crippen molar-refractivity contribution in [1.29, 1.82) is 5.26 Å². The van der Waals surface area contributed by atoms with Crippen molar-refractivity contribution < 1.29 is 14.3 Å². The number of methoxy groups -OCH3 is 2. The highest BCUT2D eigenvalue weighted by Crippen LogP contribution is 2.29. The number of rotatable bonds is 3. The van der Waals surface area contributed by atoms with Crippen LogP contribution in [0.2, 0.25) is 0 Å². The summed E-state index contributed by atoms with van der Waals surface area (Å²) in [6, 6.07) is 13.1. The topological polar surface area (TPSA) is 59.3 Å². The lowest BCUT2D eigenvalue weighted by molar-refractivity contribution is -0.135.